The van der Waals surface area contributed by atoms with Crippen molar-refractivity contribution in [2.24, 2.45) is 11.7 Å². The summed E-state index contributed by atoms with van der Waals surface area (Å²) < 4.78 is 5.33. The first-order valence-corrected chi connectivity index (χ1v) is 6.50. The standard InChI is InChI=1S/C14H19N3O3.ClH/c1-8(9(2)15)14(19)16-10-4-5-12-11(6-10)17(3)13(18)7-20-12;/h4-6,8-9H,7,15H2,1-3H3,(H,16,19);1H. The van der Waals surface area contributed by atoms with Gasteiger partial charge in [0.05, 0.1) is 11.6 Å². The fourth-order valence-electron chi connectivity index (χ4n) is 1.84. The third-order valence-electron chi connectivity index (χ3n) is 3.52. The van der Waals surface area contributed by atoms with E-state index in [1.807, 2.05) is 0 Å². The van der Waals surface area contributed by atoms with Crippen molar-refractivity contribution in [3.63, 3.8) is 0 Å². The molecular formula is C14H20ClN3O3. The first-order chi connectivity index (χ1) is 9.40. The number of halogens is 1. The Labute approximate surface area is 130 Å². The quantitative estimate of drug-likeness (QED) is 0.883. The molecule has 7 heteroatoms. The van der Waals surface area contributed by atoms with Crippen molar-refractivity contribution in [1.82, 2.24) is 0 Å². The third kappa shape index (κ3) is 3.65. The Bertz CT molecular complexity index is 548. The molecule has 116 valence electrons. The van der Waals surface area contributed by atoms with Crippen LogP contribution in [0.25, 0.3) is 0 Å². The predicted octanol–water partition coefficient (Wildman–Crippen LogP) is 1.39. The molecule has 0 aliphatic carbocycles. The van der Waals surface area contributed by atoms with Crippen molar-refractivity contribution in [2.45, 2.75) is 19.9 Å². The normalized spacial score (nSPS) is 16.2. The molecule has 6 nitrogen and oxygen atoms in total. The summed E-state index contributed by atoms with van der Waals surface area (Å²) in [7, 11) is 1.68. The van der Waals surface area contributed by atoms with E-state index in [1.54, 1.807) is 39.1 Å². The zero-order chi connectivity index (χ0) is 14.9. The van der Waals surface area contributed by atoms with E-state index in [0.717, 1.165) is 0 Å². The molecule has 1 aromatic rings. The molecule has 0 bridgehead atoms. The highest BCUT2D eigenvalue weighted by molar-refractivity contribution is 5.99. The van der Waals surface area contributed by atoms with Gasteiger partial charge in [-0.05, 0) is 25.1 Å². The number of likely N-dealkylation sites (N-methyl/N-ethyl adjacent to an activating group) is 1. The Hall–Kier alpha value is -1.79. The molecule has 1 aliphatic rings. The first-order valence-electron chi connectivity index (χ1n) is 6.50. The Morgan fingerprint density at radius 2 is 2.10 bits per heavy atom. The van der Waals surface area contributed by atoms with Crippen molar-refractivity contribution in [3.05, 3.63) is 18.2 Å². The molecule has 2 amide bonds. The Morgan fingerprint density at radius 3 is 2.71 bits per heavy atom. The summed E-state index contributed by atoms with van der Waals surface area (Å²) in [4.78, 5) is 25.1. The lowest BCUT2D eigenvalue weighted by Crippen LogP contribution is -2.36. The molecule has 0 fully saturated rings. The second-order valence-electron chi connectivity index (χ2n) is 5.06. The van der Waals surface area contributed by atoms with E-state index in [0.29, 0.717) is 17.1 Å². The summed E-state index contributed by atoms with van der Waals surface area (Å²) >= 11 is 0. The predicted molar refractivity (Wildman–Crippen MR) is 84.0 cm³/mol. The topological polar surface area (TPSA) is 84.7 Å². The molecule has 0 spiro atoms. The molecule has 2 rings (SSSR count). The van der Waals surface area contributed by atoms with Gasteiger partial charge in [-0.1, -0.05) is 6.92 Å². The van der Waals surface area contributed by atoms with Crippen molar-refractivity contribution < 1.29 is 14.3 Å². The van der Waals surface area contributed by atoms with Crippen LogP contribution in [0.1, 0.15) is 13.8 Å². The van der Waals surface area contributed by atoms with E-state index in [4.69, 9.17) is 10.5 Å². The van der Waals surface area contributed by atoms with Gasteiger partial charge in [0.2, 0.25) is 5.91 Å². The molecule has 0 aromatic heterocycles. The molecule has 2 atom stereocenters. The van der Waals surface area contributed by atoms with Gasteiger partial charge in [-0.3, -0.25) is 9.59 Å². The Balaban J connectivity index is 0.00000220. The average molecular weight is 314 g/mol. The molecule has 3 N–H and O–H groups in total. The van der Waals surface area contributed by atoms with Gasteiger partial charge in [-0.25, -0.2) is 0 Å². The number of nitrogens with two attached hydrogens (primary N) is 1. The van der Waals surface area contributed by atoms with Crippen LogP contribution in [0.4, 0.5) is 11.4 Å². The van der Waals surface area contributed by atoms with Crippen LogP contribution < -0.4 is 20.7 Å². The minimum Gasteiger partial charge on any atom is -0.482 e. The van der Waals surface area contributed by atoms with Crippen molar-refractivity contribution in [1.29, 1.82) is 0 Å². The van der Waals surface area contributed by atoms with E-state index in [9.17, 15) is 9.59 Å². The van der Waals surface area contributed by atoms with E-state index in [1.165, 1.54) is 4.90 Å². The van der Waals surface area contributed by atoms with Gasteiger partial charge in [0.25, 0.3) is 5.91 Å². The number of carbonyl (C=O) groups excluding carboxylic acids is 2. The molecular weight excluding hydrogens is 294 g/mol. The van der Waals surface area contributed by atoms with Gasteiger partial charge in [0.15, 0.2) is 6.61 Å². The number of amides is 2. The number of nitrogens with zero attached hydrogens (tertiary/aromatic N) is 1. The summed E-state index contributed by atoms with van der Waals surface area (Å²) in [6, 6.07) is 4.98. The molecule has 1 aliphatic heterocycles. The van der Waals surface area contributed by atoms with Gasteiger partial charge in [0, 0.05) is 18.8 Å². The maximum atomic E-state index is 12.0. The Morgan fingerprint density at radius 1 is 1.43 bits per heavy atom. The van der Waals surface area contributed by atoms with Gasteiger partial charge in [-0.15, -0.1) is 12.4 Å². The van der Waals surface area contributed by atoms with Gasteiger partial charge >= 0.3 is 0 Å². The SMILES string of the molecule is CC(N)C(C)C(=O)Nc1ccc2c(c1)N(C)C(=O)CO2.Cl. The maximum absolute atomic E-state index is 12.0. The number of nitrogens with one attached hydrogen (secondary N) is 1. The zero-order valence-electron chi connectivity index (χ0n) is 12.3. The molecule has 0 radical (unpaired) electrons. The molecule has 1 aromatic carbocycles. The van der Waals surface area contributed by atoms with Crippen LogP contribution in [0.5, 0.6) is 5.75 Å². The summed E-state index contributed by atoms with van der Waals surface area (Å²) in [5.74, 6) is 0.0718. The number of ether oxygens (including phenoxy) is 1. The lowest BCUT2D eigenvalue weighted by Gasteiger charge is -2.26. The van der Waals surface area contributed by atoms with E-state index in [-0.39, 0.29) is 42.8 Å². The number of fused-ring (bicyclic) bond motifs is 1. The largest absolute Gasteiger partial charge is 0.482 e. The maximum Gasteiger partial charge on any atom is 0.264 e. The van der Waals surface area contributed by atoms with Crippen LogP contribution >= 0.6 is 12.4 Å². The number of carbonyl (C=O) groups is 2. The van der Waals surface area contributed by atoms with Gasteiger partial charge in [-0.2, -0.15) is 0 Å². The Kier molecular flexibility index (Phi) is 5.57. The molecule has 21 heavy (non-hydrogen) atoms. The highest BCUT2D eigenvalue weighted by Crippen LogP contribution is 2.33. The highest BCUT2D eigenvalue weighted by atomic mass is 35.5. The monoisotopic (exact) mass is 313 g/mol. The molecule has 0 saturated heterocycles. The zero-order valence-corrected chi connectivity index (χ0v) is 13.1. The number of rotatable bonds is 3. The number of benzene rings is 1. The number of anilines is 2. The second-order valence-corrected chi connectivity index (χ2v) is 5.06. The van der Waals surface area contributed by atoms with E-state index >= 15 is 0 Å². The van der Waals surface area contributed by atoms with Crippen LogP contribution in [-0.4, -0.2) is 31.5 Å². The second kappa shape index (κ2) is 6.78. The number of hydrogen-bond donors (Lipinski definition) is 2. The molecule has 0 saturated carbocycles. The smallest absolute Gasteiger partial charge is 0.264 e. The van der Waals surface area contributed by atoms with Crippen molar-refractivity contribution >= 4 is 35.6 Å². The van der Waals surface area contributed by atoms with Crippen LogP contribution in [-0.2, 0) is 9.59 Å². The summed E-state index contributed by atoms with van der Waals surface area (Å²) in [6.07, 6.45) is 0. The molecule has 2 unspecified atom stereocenters. The lowest BCUT2D eigenvalue weighted by molar-refractivity contribution is -0.121. The highest BCUT2D eigenvalue weighted by Gasteiger charge is 2.23. The minimum atomic E-state index is -0.290. The number of hydrogen-bond acceptors (Lipinski definition) is 4. The average Bonchev–Trinajstić information content (AvgIpc) is 2.42. The van der Waals surface area contributed by atoms with E-state index in [2.05, 4.69) is 5.32 Å². The fourth-order valence-corrected chi connectivity index (χ4v) is 1.84. The summed E-state index contributed by atoms with van der Waals surface area (Å²) in [6.45, 7) is 3.60. The first kappa shape index (κ1) is 17.3. The minimum absolute atomic E-state index is 0. The summed E-state index contributed by atoms with van der Waals surface area (Å²) in [5, 5.41) is 2.80. The van der Waals surface area contributed by atoms with E-state index < -0.39 is 0 Å². The molecule has 1 heterocycles. The third-order valence-corrected chi connectivity index (χ3v) is 3.52. The van der Waals surface area contributed by atoms with Crippen LogP contribution in [0.3, 0.4) is 0 Å². The van der Waals surface area contributed by atoms with Crippen molar-refractivity contribution in [2.75, 3.05) is 23.9 Å². The summed E-state index contributed by atoms with van der Waals surface area (Å²) in [5.41, 5.74) is 6.97. The van der Waals surface area contributed by atoms with Crippen LogP contribution in [0.2, 0.25) is 0 Å². The lowest BCUT2D eigenvalue weighted by atomic mass is 10.0. The van der Waals surface area contributed by atoms with Gasteiger partial charge in [0.1, 0.15) is 5.75 Å². The fraction of sp³-hybridized carbons (Fsp3) is 0.429. The van der Waals surface area contributed by atoms with Crippen molar-refractivity contribution in [3.8, 4) is 5.75 Å². The van der Waals surface area contributed by atoms with Crippen LogP contribution in [0, 0.1) is 5.92 Å². The van der Waals surface area contributed by atoms with Gasteiger partial charge < -0.3 is 20.7 Å². The van der Waals surface area contributed by atoms with Crippen LogP contribution in [0.15, 0.2) is 18.2 Å².